The largest absolute Gasteiger partial charge is 0.310 e. The van der Waals surface area contributed by atoms with Gasteiger partial charge in [0.05, 0.1) is 11.1 Å². The van der Waals surface area contributed by atoms with Crippen LogP contribution in [0, 0.1) is 0 Å². The Morgan fingerprint density at radius 3 is 1.25 bits per heavy atom. The van der Waals surface area contributed by atoms with E-state index in [1.165, 1.54) is 131 Å². The van der Waals surface area contributed by atoms with Crippen LogP contribution in [0.4, 0.5) is 17.1 Å². The van der Waals surface area contributed by atoms with Crippen LogP contribution in [0.1, 0.15) is 22.3 Å². The van der Waals surface area contributed by atoms with Crippen molar-refractivity contribution in [3.8, 4) is 33.4 Å². The summed E-state index contributed by atoms with van der Waals surface area (Å²) in [5, 5.41) is 17.5. The Morgan fingerprint density at radius 1 is 0.222 bits per heavy atom. The Hall–Kier alpha value is -9.30. The SMILES string of the molecule is c1ccc2c(c1)-c1ccccc1C21c2ccccc2-c2cc(-c3ccc4ccc5ccccc5c4c3)c(N(c3ccc4c(ccc5ccccc54)c3)c3ccc4c5ccccc5c5ccccc5c4c3)cc21. The molecule has 0 unspecified atom stereocenters. The van der Waals surface area contributed by atoms with Gasteiger partial charge in [-0.05, 0) is 168 Å². The lowest BCUT2D eigenvalue weighted by molar-refractivity contribution is 0.794. The Labute approximate surface area is 417 Å². The summed E-state index contributed by atoms with van der Waals surface area (Å²) in [7, 11) is 0. The van der Waals surface area contributed by atoms with Crippen molar-refractivity contribution in [2.75, 3.05) is 4.90 Å². The molecule has 72 heavy (non-hydrogen) atoms. The van der Waals surface area contributed by atoms with Crippen molar-refractivity contribution in [2.45, 2.75) is 5.41 Å². The molecule has 1 heteroatoms. The molecule has 14 aromatic carbocycles. The minimum atomic E-state index is -0.529. The summed E-state index contributed by atoms with van der Waals surface area (Å²) in [6.45, 7) is 0. The van der Waals surface area contributed by atoms with Gasteiger partial charge in [0.1, 0.15) is 0 Å². The lowest BCUT2D eigenvalue weighted by Gasteiger charge is -2.33. The molecule has 0 N–H and O–H groups in total. The second kappa shape index (κ2) is 14.9. The topological polar surface area (TPSA) is 3.24 Å². The summed E-state index contributed by atoms with van der Waals surface area (Å²) < 4.78 is 0. The predicted octanol–water partition coefficient (Wildman–Crippen LogP) is 19.2. The van der Waals surface area contributed by atoms with Crippen LogP contribution in [0.3, 0.4) is 0 Å². The van der Waals surface area contributed by atoms with E-state index in [2.05, 4.69) is 266 Å². The molecule has 2 aliphatic carbocycles. The van der Waals surface area contributed by atoms with Gasteiger partial charge in [0.2, 0.25) is 0 Å². The molecule has 1 spiro atoms. The summed E-state index contributed by atoms with van der Waals surface area (Å²) in [5.74, 6) is 0. The first-order valence-corrected chi connectivity index (χ1v) is 25.2. The Bertz CT molecular complexity index is 4570. The minimum absolute atomic E-state index is 0.529. The maximum Gasteiger partial charge on any atom is 0.0726 e. The van der Waals surface area contributed by atoms with E-state index in [1.807, 2.05) is 0 Å². The Kier molecular flexibility index (Phi) is 8.16. The van der Waals surface area contributed by atoms with Gasteiger partial charge >= 0.3 is 0 Å². The number of nitrogens with zero attached hydrogens (tertiary/aromatic N) is 1. The summed E-state index contributed by atoms with van der Waals surface area (Å²) in [5.41, 5.74) is 15.6. The molecule has 0 heterocycles. The molecule has 2 aliphatic rings. The number of rotatable bonds is 4. The van der Waals surface area contributed by atoms with Gasteiger partial charge in [-0.1, -0.05) is 218 Å². The second-order valence-electron chi connectivity index (χ2n) is 19.9. The average molecular weight is 910 g/mol. The van der Waals surface area contributed by atoms with Crippen molar-refractivity contribution in [1.29, 1.82) is 0 Å². The van der Waals surface area contributed by atoms with Crippen LogP contribution in [0.15, 0.2) is 261 Å². The molecular formula is C71H43N. The van der Waals surface area contributed by atoms with Gasteiger partial charge in [-0.25, -0.2) is 0 Å². The van der Waals surface area contributed by atoms with Crippen LogP contribution >= 0.6 is 0 Å². The lowest BCUT2D eigenvalue weighted by atomic mass is 9.70. The van der Waals surface area contributed by atoms with Crippen molar-refractivity contribution in [3.63, 3.8) is 0 Å². The van der Waals surface area contributed by atoms with Crippen LogP contribution in [0.25, 0.3) is 109 Å². The zero-order valence-electron chi connectivity index (χ0n) is 39.3. The molecule has 14 aromatic rings. The quantitative estimate of drug-likeness (QED) is 0.159. The van der Waals surface area contributed by atoms with E-state index in [1.54, 1.807) is 0 Å². The summed E-state index contributed by atoms with van der Waals surface area (Å²) >= 11 is 0. The third kappa shape index (κ3) is 5.37. The summed E-state index contributed by atoms with van der Waals surface area (Å²) in [6.07, 6.45) is 0. The van der Waals surface area contributed by atoms with E-state index >= 15 is 0 Å². The standard InChI is InChI=1S/C71H43N/c1-3-17-51-44(15-1)31-33-47-39-49(35-37-53(47)51)72(50-36-38-58-56-21-6-5-19-54(56)55-20-7-8-22-57(55)64(58)41-50)70-43-69-65(42-63(70)48-34-32-46-30-29-45-16-2-4-18-52(45)62(46)40-48)61-25-11-14-28-68(61)71(69)66-26-12-9-23-59(66)60-24-10-13-27-67(60)71/h1-43H. The summed E-state index contributed by atoms with van der Waals surface area (Å²) in [4.78, 5) is 2.57. The van der Waals surface area contributed by atoms with E-state index in [9.17, 15) is 0 Å². The molecule has 0 aliphatic heterocycles. The molecule has 1 nitrogen and oxygen atoms in total. The smallest absolute Gasteiger partial charge is 0.0726 e. The van der Waals surface area contributed by atoms with Crippen LogP contribution < -0.4 is 4.90 Å². The van der Waals surface area contributed by atoms with Crippen molar-refractivity contribution in [1.82, 2.24) is 0 Å². The van der Waals surface area contributed by atoms with Gasteiger partial charge in [-0.15, -0.1) is 0 Å². The van der Waals surface area contributed by atoms with Crippen LogP contribution in [-0.4, -0.2) is 0 Å². The normalized spacial score (nSPS) is 13.1. The van der Waals surface area contributed by atoms with Crippen molar-refractivity contribution < 1.29 is 0 Å². The highest BCUT2D eigenvalue weighted by Crippen LogP contribution is 2.64. The molecular weight excluding hydrogens is 867 g/mol. The highest BCUT2D eigenvalue weighted by atomic mass is 15.1. The van der Waals surface area contributed by atoms with Crippen LogP contribution in [-0.2, 0) is 5.41 Å². The molecule has 0 fully saturated rings. The zero-order chi connectivity index (χ0) is 47.1. The molecule has 0 saturated carbocycles. The van der Waals surface area contributed by atoms with Gasteiger partial charge in [0.25, 0.3) is 0 Å². The van der Waals surface area contributed by atoms with Gasteiger partial charge in [-0.2, -0.15) is 0 Å². The second-order valence-corrected chi connectivity index (χ2v) is 19.9. The minimum Gasteiger partial charge on any atom is -0.310 e. The molecule has 332 valence electrons. The Morgan fingerprint density at radius 2 is 0.639 bits per heavy atom. The van der Waals surface area contributed by atoms with E-state index in [-0.39, 0.29) is 0 Å². The van der Waals surface area contributed by atoms with Gasteiger partial charge in [0, 0.05) is 16.9 Å². The number of anilines is 3. The van der Waals surface area contributed by atoms with Crippen molar-refractivity contribution >= 4 is 92.5 Å². The number of benzene rings is 14. The third-order valence-electron chi connectivity index (χ3n) is 16.4. The number of hydrogen-bond donors (Lipinski definition) is 0. The molecule has 16 rings (SSSR count). The predicted molar refractivity (Wildman–Crippen MR) is 305 cm³/mol. The number of hydrogen-bond acceptors (Lipinski definition) is 1. The number of fused-ring (bicyclic) bond motifs is 22. The molecule has 0 bridgehead atoms. The lowest BCUT2D eigenvalue weighted by Crippen LogP contribution is -2.26. The first kappa shape index (κ1) is 39.5. The van der Waals surface area contributed by atoms with Gasteiger partial charge < -0.3 is 4.90 Å². The van der Waals surface area contributed by atoms with Crippen molar-refractivity contribution in [3.05, 3.63) is 283 Å². The van der Waals surface area contributed by atoms with Crippen LogP contribution in [0.2, 0.25) is 0 Å². The van der Waals surface area contributed by atoms with Gasteiger partial charge in [0.15, 0.2) is 0 Å². The van der Waals surface area contributed by atoms with E-state index in [0.717, 1.165) is 17.1 Å². The first-order chi connectivity index (χ1) is 35.7. The molecule has 0 radical (unpaired) electrons. The third-order valence-corrected chi connectivity index (χ3v) is 16.4. The fourth-order valence-corrected chi connectivity index (χ4v) is 13.3. The van der Waals surface area contributed by atoms with E-state index in [4.69, 9.17) is 0 Å². The zero-order valence-corrected chi connectivity index (χ0v) is 39.3. The molecule has 0 atom stereocenters. The maximum absolute atomic E-state index is 2.59. The Balaban J connectivity index is 1.06. The molecule has 0 saturated heterocycles. The van der Waals surface area contributed by atoms with E-state index < -0.39 is 5.41 Å². The maximum atomic E-state index is 2.59. The van der Waals surface area contributed by atoms with Crippen LogP contribution in [0.5, 0.6) is 0 Å². The first-order valence-electron chi connectivity index (χ1n) is 25.2. The van der Waals surface area contributed by atoms with Crippen molar-refractivity contribution in [2.24, 2.45) is 0 Å². The average Bonchev–Trinajstić information content (AvgIpc) is 3.91. The molecule has 0 amide bonds. The van der Waals surface area contributed by atoms with E-state index in [0.29, 0.717) is 0 Å². The highest BCUT2D eigenvalue weighted by Gasteiger charge is 2.52. The fourth-order valence-electron chi connectivity index (χ4n) is 13.3. The van der Waals surface area contributed by atoms with Gasteiger partial charge in [-0.3, -0.25) is 0 Å². The fraction of sp³-hybridized carbons (Fsp3) is 0.0141. The highest BCUT2D eigenvalue weighted by molar-refractivity contribution is 6.26. The molecule has 0 aromatic heterocycles. The summed E-state index contributed by atoms with van der Waals surface area (Å²) in [6, 6.07) is 98.6. The monoisotopic (exact) mass is 909 g/mol.